The van der Waals surface area contributed by atoms with Crippen molar-refractivity contribution >= 4 is 23.2 Å². The molecular weight excluding hydrogens is 340 g/mol. The van der Waals surface area contributed by atoms with Crippen LogP contribution in [0.1, 0.15) is 30.9 Å². The van der Waals surface area contributed by atoms with Crippen LogP contribution in [0.25, 0.3) is 0 Å². The van der Waals surface area contributed by atoms with Crippen LogP contribution >= 0.6 is 0 Å². The highest BCUT2D eigenvalue weighted by Gasteiger charge is 2.35. The molecule has 5 heteroatoms. The molecule has 2 aromatic rings. The molecule has 1 aliphatic rings. The van der Waals surface area contributed by atoms with Crippen molar-refractivity contribution in [3.8, 4) is 5.75 Å². The summed E-state index contributed by atoms with van der Waals surface area (Å²) in [5.41, 5.74) is 3.78. The molecule has 0 unspecified atom stereocenters. The predicted octanol–water partition coefficient (Wildman–Crippen LogP) is 4.08. The molecule has 27 heavy (non-hydrogen) atoms. The maximum atomic E-state index is 12.7. The number of hydrogen-bond acceptors (Lipinski definition) is 3. The Morgan fingerprint density at radius 1 is 1.19 bits per heavy atom. The molecule has 142 valence electrons. The van der Waals surface area contributed by atoms with E-state index < -0.39 is 0 Å². The van der Waals surface area contributed by atoms with E-state index in [0.29, 0.717) is 13.2 Å². The third-order valence-electron chi connectivity index (χ3n) is 4.98. The van der Waals surface area contributed by atoms with E-state index in [0.717, 1.165) is 34.7 Å². The number of benzene rings is 2. The first-order valence-electron chi connectivity index (χ1n) is 9.40. The Morgan fingerprint density at radius 2 is 1.93 bits per heavy atom. The van der Waals surface area contributed by atoms with Gasteiger partial charge in [0.15, 0.2) is 0 Å². The van der Waals surface area contributed by atoms with Crippen molar-refractivity contribution in [1.82, 2.24) is 0 Å². The zero-order valence-corrected chi connectivity index (χ0v) is 16.1. The van der Waals surface area contributed by atoms with E-state index in [1.54, 1.807) is 4.90 Å². The largest absolute Gasteiger partial charge is 0.494 e. The highest BCUT2D eigenvalue weighted by molar-refractivity contribution is 6.03. The van der Waals surface area contributed by atoms with Gasteiger partial charge in [-0.3, -0.25) is 9.59 Å². The fourth-order valence-corrected chi connectivity index (χ4v) is 3.20. The second kappa shape index (κ2) is 8.25. The molecular formula is C22H26N2O3. The standard InChI is InChI=1S/C22H26N2O3/c1-4-12-27-19-10-8-18(9-11-19)24-14-17(13-21(24)25)22(26)23-20-7-5-6-15(2)16(20)3/h5-11,17H,4,12-14H2,1-3H3,(H,23,26)/t17-/m0/s1. The van der Waals surface area contributed by atoms with Gasteiger partial charge in [-0.1, -0.05) is 19.1 Å². The van der Waals surface area contributed by atoms with Gasteiger partial charge in [0.2, 0.25) is 11.8 Å². The topological polar surface area (TPSA) is 58.6 Å². The summed E-state index contributed by atoms with van der Waals surface area (Å²) >= 11 is 0. The van der Waals surface area contributed by atoms with E-state index in [1.807, 2.05) is 56.3 Å². The van der Waals surface area contributed by atoms with Crippen molar-refractivity contribution in [2.45, 2.75) is 33.6 Å². The molecule has 1 heterocycles. The zero-order chi connectivity index (χ0) is 19.4. The summed E-state index contributed by atoms with van der Waals surface area (Å²) in [5.74, 6) is 0.297. The second-order valence-electron chi connectivity index (χ2n) is 6.98. The molecule has 0 aromatic heterocycles. The molecule has 1 saturated heterocycles. The van der Waals surface area contributed by atoms with Gasteiger partial charge in [-0.25, -0.2) is 0 Å². The van der Waals surface area contributed by atoms with Crippen LogP contribution in [0.4, 0.5) is 11.4 Å². The summed E-state index contributed by atoms with van der Waals surface area (Å²) in [6, 6.07) is 13.3. The number of nitrogens with one attached hydrogen (secondary N) is 1. The number of amides is 2. The molecule has 3 rings (SSSR count). The molecule has 2 amide bonds. The van der Waals surface area contributed by atoms with Gasteiger partial charge in [-0.05, 0) is 61.7 Å². The van der Waals surface area contributed by atoms with E-state index in [2.05, 4.69) is 12.2 Å². The van der Waals surface area contributed by atoms with E-state index in [1.165, 1.54) is 0 Å². The van der Waals surface area contributed by atoms with Gasteiger partial charge in [-0.15, -0.1) is 0 Å². The Labute approximate surface area is 160 Å². The minimum Gasteiger partial charge on any atom is -0.494 e. The van der Waals surface area contributed by atoms with Gasteiger partial charge in [0.25, 0.3) is 0 Å². The van der Waals surface area contributed by atoms with E-state index in [-0.39, 0.29) is 24.2 Å². The number of carbonyl (C=O) groups excluding carboxylic acids is 2. The highest BCUT2D eigenvalue weighted by atomic mass is 16.5. The molecule has 1 aliphatic heterocycles. The lowest BCUT2D eigenvalue weighted by molar-refractivity contribution is -0.122. The molecule has 0 aliphatic carbocycles. The van der Waals surface area contributed by atoms with Crippen molar-refractivity contribution in [3.05, 3.63) is 53.6 Å². The summed E-state index contributed by atoms with van der Waals surface area (Å²) < 4.78 is 5.58. The third kappa shape index (κ3) is 4.30. The van der Waals surface area contributed by atoms with Crippen molar-refractivity contribution in [2.24, 2.45) is 5.92 Å². The van der Waals surface area contributed by atoms with E-state index >= 15 is 0 Å². The van der Waals surface area contributed by atoms with Crippen LogP contribution in [-0.2, 0) is 9.59 Å². The highest BCUT2D eigenvalue weighted by Crippen LogP contribution is 2.28. The average molecular weight is 366 g/mol. The molecule has 0 radical (unpaired) electrons. The first kappa shape index (κ1) is 19.0. The quantitative estimate of drug-likeness (QED) is 0.838. The number of ether oxygens (including phenoxy) is 1. The molecule has 5 nitrogen and oxygen atoms in total. The minimum atomic E-state index is -0.353. The first-order chi connectivity index (χ1) is 13.0. The van der Waals surface area contributed by atoms with Crippen molar-refractivity contribution in [3.63, 3.8) is 0 Å². The number of carbonyl (C=O) groups is 2. The van der Waals surface area contributed by atoms with Crippen LogP contribution in [0.3, 0.4) is 0 Å². The number of aryl methyl sites for hydroxylation is 1. The van der Waals surface area contributed by atoms with Crippen LogP contribution in [-0.4, -0.2) is 25.0 Å². The fourth-order valence-electron chi connectivity index (χ4n) is 3.20. The molecule has 1 fully saturated rings. The maximum Gasteiger partial charge on any atom is 0.229 e. The Morgan fingerprint density at radius 3 is 2.63 bits per heavy atom. The lowest BCUT2D eigenvalue weighted by Gasteiger charge is -2.18. The summed E-state index contributed by atoms with van der Waals surface area (Å²) in [7, 11) is 0. The molecule has 1 atom stereocenters. The van der Waals surface area contributed by atoms with Gasteiger partial charge in [-0.2, -0.15) is 0 Å². The smallest absolute Gasteiger partial charge is 0.229 e. The van der Waals surface area contributed by atoms with E-state index in [9.17, 15) is 9.59 Å². The molecule has 2 aromatic carbocycles. The predicted molar refractivity (Wildman–Crippen MR) is 107 cm³/mol. The number of hydrogen-bond donors (Lipinski definition) is 1. The number of anilines is 2. The van der Waals surface area contributed by atoms with Gasteiger partial charge < -0.3 is 15.0 Å². The summed E-state index contributed by atoms with van der Waals surface area (Å²) in [6.07, 6.45) is 1.17. The lowest BCUT2D eigenvalue weighted by atomic mass is 10.1. The molecule has 1 N–H and O–H groups in total. The SMILES string of the molecule is CCCOc1ccc(N2C[C@@H](C(=O)Nc3cccc(C)c3C)CC2=O)cc1. The Bertz CT molecular complexity index is 830. The van der Waals surface area contributed by atoms with Crippen LogP contribution < -0.4 is 15.0 Å². The lowest BCUT2D eigenvalue weighted by Crippen LogP contribution is -2.28. The van der Waals surface area contributed by atoms with Crippen molar-refractivity contribution in [2.75, 3.05) is 23.4 Å². The van der Waals surface area contributed by atoms with Crippen LogP contribution in [0.2, 0.25) is 0 Å². The van der Waals surface area contributed by atoms with Crippen molar-refractivity contribution < 1.29 is 14.3 Å². The Hall–Kier alpha value is -2.82. The van der Waals surface area contributed by atoms with Gasteiger partial charge in [0.05, 0.1) is 12.5 Å². The summed E-state index contributed by atoms with van der Waals surface area (Å²) in [4.78, 5) is 26.8. The normalized spacial score (nSPS) is 16.5. The Balaban J connectivity index is 1.66. The molecule has 0 spiro atoms. The van der Waals surface area contributed by atoms with Crippen molar-refractivity contribution in [1.29, 1.82) is 0 Å². The monoisotopic (exact) mass is 366 g/mol. The molecule has 0 bridgehead atoms. The third-order valence-corrected chi connectivity index (χ3v) is 4.98. The van der Waals surface area contributed by atoms with Gasteiger partial charge in [0, 0.05) is 24.3 Å². The minimum absolute atomic E-state index is 0.0293. The van der Waals surface area contributed by atoms with Gasteiger partial charge >= 0.3 is 0 Å². The van der Waals surface area contributed by atoms with Crippen LogP contribution in [0, 0.1) is 19.8 Å². The fraction of sp³-hybridized carbons (Fsp3) is 0.364. The van der Waals surface area contributed by atoms with E-state index in [4.69, 9.17) is 4.74 Å². The molecule has 0 saturated carbocycles. The zero-order valence-electron chi connectivity index (χ0n) is 16.1. The van der Waals surface area contributed by atoms with Crippen LogP contribution in [0.5, 0.6) is 5.75 Å². The number of rotatable bonds is 6. The average Bonchev–Trinajstić information content (AvgIpc) is 3.06. The second-order valence-corrected chi connectivity index (χ2v) is 6.98. The maximum absolute atomic E-state index is 12.7. The van der Waals surface area contributed by atoms with Gasteiger partial charge in [0.1, 0.15) is 5.75 Å². The van der Waals surface area contributed by atoms with Crippen LogP contribution in [0.15, 0.2) is 42.5 Å². The number of nitrogens with zero attached hydrogens (tertiary/aromatic N) is 1. The summed E-state index contributed by atoms with van der Waals surface area (Å²) in [6.45, 7) is 7.12. The Kier molecular flexibility index (Phi) is 5.79. The first-order valence-corrected chi connectivity index (χ1v) is 9.40. The summed E-state index contributed by atoms with van der Waals surface area (Å²) in [5, 5.41) is 2.98.